The molecule has 116 valence electrons. The van der Waals surface area contributed by atoms with Crippen molar-refractivity contribution in [1.82, 2.24) is 5.32 Å². The predicted octanol–water partition coefficient (Wildman–Crippen LogP) is 3.80. The lowest BCUT2D eigenvalue weighted by Gasteiger charge is -2.33. The zero-order valence-corrected chi connectivity index (χ0v) is 13.1. The molecule has 1 aliphatic carbocycles. The zero-order valence-electron chi connectivity index (χ0n) is 13.1. The molecule has 4 heteroatoms. The van der Waals surface area contributed by atoms with E-state index in [-0.39, 0.29) is 17.5 Å². The summed E-state index contributed by atoms with van der Waals surface area (Å²) in [7, 11) is 0. The molecule has 21 heavy (non-hydrogen) atoms. The summed E-state index contributed by atoms with van der Waals surface area (Å²) >= 11 is 0. The van der Waals surface area contributed by atoms with Crippen molar-refractivity contribution >= 4 is 11.7 Å². The lowest BCUT2D eigenvalue weighted by atomic mass is 9.76. The Bertz CT molecular complexity index is 461. The van der Waals surface area contributed by atoms with Crippen molar-refractivity contribution in [2.45, 2.75) is 52.0 Å². The van der Waals surface area contributed by atoms with E-state index >= 15 is 0 Å². The average Bonchev–Trinajstić information content (AvgIpc) is 2.47. The fraction of sp³-hybridized carbons (Fsp3) is 0.588. The highest BCUT2D eigenvalue weighted by Gasteiger charge is 2.26. The number of nitrogens with one attached hydrogen (secondary N) is 2. The van der Waals surface area contributed by atoms with Crippen LogP contribution in [0.25, 0.3) is 0 Å². The van der Waals surface area contributed by atoms with E-state index in [0.717, 1.165) is 17.8 Å². The largest absolute Gasteiger partial charge is 0.337 e. The minimum absolute atomic E-state index is 0.0131. The number of benzene rings is 1. The number of amides is 2. The van der Waals surface area contributed by atoms with Crippen molar-refractivity contribution in [3.05, 3.63) is 29.8 Å². The molecule has 0 saturated heterocycles. The molecule has 1 aliphatic rings. The van der Waals surface area contributed by atoms with Crippen LogP contribution in [0.15, 0.2) is 24.3 Å². The molecule has 1 atom stereocenters. The van der Waals surface area contributed by atoms with Gasteiger partial charge in [0, 0.05) is 18.3 Å². The molecular formula is C17H27N3O. The van der Waals surface area contributed by atoms with Gasteiger partial charge in [-0.05, 0) is 42.9 Å². The Balaban J connectivity index is 1.81. The van der Waals surface area contributed by atoms with Gasteiger partial charge in [0.15, 0.2) is 0 Å². The molecule has 1 saturated carbocycles. The quantitative estimate of drug-likeness (QED) is 0.789. The summed E-state index contributed by atoms with van der Waals surface area (Å²) in [4.78, 5) is 12.0. The van der Waals surface area contributed by atoms with Gasteiger partial charge in [0.2, 0.25) is 0 Å². The van der Waals surface area contributed by atoms with Gasteiger partial charge in [-0.3, -0.25) is 0 Å². The second-order valence-corrected chi connectivity index (χ2v) is 6.59. The van der Waals surface area contributed by atoms with Crippen LogP contribution in [0.2, 0.25) is 0 Å². The van der Waals surface area contributed by atoms with E-state index in [1.807, 2.05) is 31.2 Å². The molecule has 0 aromatic heterocycles. The molecular weight excluding hydrogens is 262 g/mol. The average molecular weight is 289 g/mol. The van der Waals surface area contributed by atoms with Gasteiger partial charge >= 0.3 is 6.03 Å². The predicted molar refractivity (Wildman–Crippen MR) is 87.3 cm³/mol. The zero-order chi connectivity index (χ0) is 15.3. The number of hydrogen-bond acceptors (Lipinski definition) is 2. The van der Waals surface area contributed by atoms with Crippen molar-refractivity contribution in [1.29, 1.82) is 0 Å². The standard InChI is InChI=1S/C17H27N3O/c1-13(18)14-6-8-15(9-7-14)20-16(21)19-12-17(2)10-4-3-5-11-17/h6-9,13H,3-5,10-12,18H2,1-2H3,(H2,19,20,21). The lowest BCUT2D eigenvalue weighted by Crippen LogP contribution is -2.39. The molecule has 1 fully saturated rings. The molecule has 0 aliphatic heterocycles. The molecule has 2 amide bonds. The van der Waals surface area contributed by atoms with E-state index in [4.69, 9.17) is 5.73 Å². The summed E-state index contributed by atoms with van der Waals surface area (Å²) in [6.07, 6.45) is 6.29. The van der Waals surface area contributed by atoms with Gasteiger partial charge in [-0.2, -0.15) is 0 Å². The third-order valence-electron chi connectivity index (χ3n) is 4.43. The summed E-state index contributed by atoms with van der Waals surface area (Å²) in [6.45, 7) is 4.96. The van der Waals surface area contributed by atoms with Gasteiger partial charge in [-0.1, -0.05) is 38.3 Å². The molecule has 0 spiro atoms. The smallest absolute Gasteiger partial charge is 0.319 e. The maximum absolute atomic E-state index is 12.0. The minimum Gasteiger partial charge on any atom is -0.337 e. The van der Waals surface area contributed by atoms with E-state index in [9.17, 15) is 4.79 Å². The first kappa shape index (κ1) is 15.8. The molecule has 0 bridgehead atoms. The number of anilines is 1. The van der Waals surface area contributed by atoms with Crippen molar-refractivity contribution < 1.29 is 4.79 Å². The minimum atomic E-state index is -0.129. The number of nitrogens with two attached hydrogens (primary N) is 1. The van der Waals surface area contributed by atoms with E-state index in [1.54, 1.807) is 0 Å². The number of rotatable bonds is 4. The number of carbonyl (C=O) groups excluding carboxylic acids is 1. The maximum atomic E-state index is 12.0. The molecule has 0 heterocycles. The Hall–Kier alpha value is -1.55. The Kier molecular flexibility index (Phi) is 5.23. The van der Waals surface area contributed by atoms with Gasteiger partial charge in [0.1, 0.15) is 0 Å². The monoisotopic (exact) mass is 289 g/mol. The summed E-state index contributed by atoms with van der Waals surface area (Å²) in [5.74, 6) is 0. The molecule has 4 nitrogen and oxygen atoms in total. The Morgan fingerprint density at radius 1 is 1.24 bits per heavy atom. The second kappa shape index (κ2) is 6.94. The second-order valence-electron chi connectivity index (χ2n) is 6.59. The molecule has 1 aromatic carbocycles. The van der Waals surface area contributed by atoms with Gasteiger partial charge in [0.05, 0.1) is 0 Å². The van der Waals surface area contributed by atoms with Gasteiger partial charge in [0.25, 0.3) is 0 Å². The summed E-state index contributed by atoms with van der Waals surface area (Å²) < 4.78 is 0. The molecule has 1 unspecified atom stereocenters. The highest BCUT2D eigenvalue weighted by atomic mass is 16.2. The van der Waals surface area contributed by atoms with Gasteiger partial charge < -0.3 is 16.4 Å². The number of urea groups is 1. The van der Waals surface area contributed by atoms with Crippen LogP contribution in [0.3, 0.4) is 0 Å². The van der Waals surface area contributed by atoms with Crippen LogP contribution >= 0.6 is 0 Å². The van der Waals surface area contributed by atoms with Crippen LogP contribution in [-0.2, 0) is 0 Å². The van der Waals surface area contributed by atoms with Crippen molar-refractivity contribution in [3.63, 3.8) is 0 Å². The van der Waals surface area contributed by atoms with Gasteiger partial charge in [-0.15, -0.1) is 0 Å². The molecule has 1 aromatic rings. The Morgan fingerprint density at radius 2 is 1.86 bits per heavy atom. The van der Waals surface area contributed by atoms with E-state index in [0.29, 0.717) is 0 Å². The number of carbonyl (C=O) groups is 1. The van der Waals surface area contributed by atoms with Gasteiger partial charge in [-0.25, -0.2) is 4.79 Å². The topological polar surface area (TPSA) is 67.1 Å². The highest BCUT2D eigenvalue weighted by Crippen LogP contribution is 2.34. The molecule has 0 radical (unpaired) electrons. The third-order valence-corrected chi connectivity index (χ3v) is 4.43. The number of hydrogen-bond donors (Lipinski definition) is 3. The van der Waals surface area contributed by atoms with E-state index in [1.165, 1.54) is 32.1 Å². The fourth-order valence-electron chi connectivity index (χ4n) is 2.92. The summed E-state index contributed by atoms with van der Waals surface area (Å²) in [6, 6.07) is 7.56. The molecule has 4 N–H and O–H groups in total. The first-order chi connectivity index (χ1) is 9.98. The van der Waals surface area contributed by atoms with Crippen LogP contribution < -0.4 is 16.4 Å². The van der Waals surface area contributed by atoms with E-state index < -0.39 is 0 Å². The van der Waals surface area contributed by atoms with Crippen LogP contribution in [0.4, 0.5) is 10.5 Å². The third kappa shape index (κ3) is 4.74. The first-order valence-corrected chi connectivity index (χ1v) is 7.89. The van der Waals surface area contributed by atoms with Crippen molar-refractivity contribution in [3.8, 4) is 0 Å². The van der Waals surface area contributed by atoms with Crippen molar-refractivity contribution in [2.24, 2.45) is 11.1 Å². The SMILES string of the molecule is CC(N)c1ccc(NC(=O)NCC2(C)CCCCC2)cc1. The summed E-state index contributed by atoms with van der Waals surface area (Å²) in [5.41, 5.74) is 7.93. The lowest BCUT2D eigenvalue weighted by molar-refractivity contribution is 0.204. The Labute approximate surface area is 127 Å². The van der Waals surface area contributed by atoms with E-state index in [2.05, 4.69) is 17.6 Å². The van der Waals surface area contributed by atoms with Crippen LogP contribution in [0.5, 0.6) is 0 Å². The summed E-state index contributed by atoms with van der Waals surface area (Å²) in [5, 5.41) is 5.88. The van der Waals surface area contributed by atoms with Crippen LogP contribution in [0.1, 0.15) is 57.6 Å². The maximum Gasteiger partial charge on any atom is 0.319 e. The normalized spacial score (nSPS) is 18.8. The molecule has 2 rings (SSSR count). The fourth-order valence-corrected chi connectivity index (χ4v) is 2.92. The highest BCUT2D eigenvalue weighted by molar-refractivity contribution is 5.89. The van der Waals surface area contributed by atoms with Crippen LogP contribution in [0, 0.1) is 5.41 Å². The first-order valence-electron chi connectivity index (χ1n) is 7.89. The van der Waals surface area contributed by atoms with Crippen LogP contribution in [-0.4, -0.2) is 12.6 Å². The van der Waals surface area contributed by atoms with Crippen molar-refractivity contribution in [2.75, 3.05) is 11.9 Å². The Morgan fingerprint density at radius 3 is 2.43 bits per heavy atom.